The zero-order valence-electron chi connectivity index (χ0n) is 20.9. The van der Waals surface area contributed by atoms with Crippen molar-refractivity contribution in [3.8, 4) is 0 Å². The van der Waals surface area contributed by atoms with Gasteiger partial charge in [-0.05, 0) is 61.2 Å². The van der Waals surface area contributed by atoms with Crippen LogP contribution in [0.5, 0.6) is 0 Å². The van der Waals surface area contributed by atoms with Crippen molar-refractivity contribution in [2.45, 2.75) is 57.0 Å². The Morgan fingerprint density at radius 2 is 2.03 bits per heavy atom. The molecule has 196 valence electrons. The summed E-state index contributed by atoms with van der Waals surface area (Å²) >= 11 is 1.57. The van der Waals surface area contributed by atoms with Crippen molar-refractivity contribution in [3.05, 3.63) is 53.6 Å². The molecule has 4 N–H and O–H groups in total. The van der Waals surface area contributed by atoms with Gasteiger partial charge in [0, 0.05) is 31.5 Å². The van der Waals surface area contributed by atoms with Crippen LogP contribution in [0.25, 0.3) is 0 Å². The number of carboxylic acid groups (broad SMARTS) is 1. The number of benzene rings is 1. The minimum atomic E-state index is -0.982. The van der Waals surface area contributed by atoms with E-state index < -0.39 is 12.0 Å². The number of carbonyl (C=O) groups is 3. The zero-order valence-corrected chi connectivity index (χ0v) is 21.7. The average molecular weight is 516 g/mol. The van der Waals surface area contributed by atoms with Gasteiger partial charge in [-0.2, -0.15) is 11.8 Å². The lowest BCUT2D eigenvalue weighted by atomic mass is 10.1. The molecule has 0 bridgehead atoms. The van der Waals surface area contributed by atoms with Crippen LogP contribution in [-0.4, -0.2) is 75.4 Å². The molecule has 0 radical (unpaired) electrons. The van der Waals surface area contributed by atoms with Gasteiger partial charge in [-0.1, -0.05) is 24.3 Å². The minimum Gasteiger partial charge on any atom is -0.480 e. The van der Waals surface area contributed by atoms with Gasteiger partial charge in [-0.3, -0.25) is 9.59 Å². The van der Waals surface area contributed by atoms with Crippen molar-refractivity contribution in [3.63, 3.8) is 0 Å². The van der Waals surface area contributed by atoms with Crippen LogP contribution in [0.15, 0.2) is 36.8 Å². The molecule has 1 aromatic carbocycles. The van der Waals surface area contributed by atoms with Crippen LogP contribution in [0.3, 0.4) is 0 Å². The zero-order chi connectivity index (χ0) is 25.8. The quantitative estimate of drug-likeness (QED) is 0.342. The maximum atomic E-state index is 11.9. The van der Waals surface area contributed by atoms with Crippen LogP contribution in [0.4, 0.5) is 0 Å². The number of aliphatic carboxylic acids is 1. The van der Waals surface area contributed by atoms with Crippen LogP contribution in [0, 0.1) is 0 Å². The Labute approximate surface area is 216 Å². The van der Waals surface area contributed by atoms with Crippen molar-refractivity contribution in [1.29, 1.82) is 0 Å². The van der Waals surface area contributed by atoms with E-state index >= 15 is 0 Å². The lowest BCUT2D eigenvalue weighted by Gasteiger charge is -2.14. The van der Waals surface area contributed by atoms with E-state index in [-0.39, 0.29) is 18.4 Å². The number of aromatic amines is 1. The first-order valence-electron chi connectivity index (χ1n) is 12.5. The van der Waals surface area contributed by atoms with Crippen molar-refractivity contribution in [2.24, 2.45) is 0 Å². The van der Waals surface area contributed by atoms with Crippen molar-refractivity contribution in [2.75, 3.05) is 31.6 Å². The fourth-order valence-electron chi connectivity index (χ4n) is 4.06. The molecule has 1 aromatic heterocycles. The molecule has 1 atom stereocenters. The number of hydrogen-bond donors (Lipinski definition) is 4. The van der Waals surface area contributed by atoms with E-state index in [9.17, 15) is 14.4 Å². The Bertz CT molecular complexity index is 974. The molecule has 2 heterocycles. The molecule has 0 spiro atoms. The lowest BCUT2D eigenvalue weighted by Crippen LogP contribution is -2.44. The Morgan fingerprint density at radius 1 is 1.25 bits per heavy atom. The van der Waals surface area contributed by atoms with Crippen LogP contribution in [0.2, 0.25) is 0 Å². The first-order chi connectivity index (χ1) is 17.5. The first kappa shape index (κ1) is 27.7. The third-order valence-electron chi connectivity index (χ3n) is 6.21. The largest absolute Gasteiger partial charge is 0.480 e. The lowest BCUT2D eigenvalue weighted by molar-refractivity contribution is -0.141. The standard InChI is InChI=1S/C17H24N2O3S.C9H13N3O/c1-23-8-7-15(17(21)22)19-16(20)11-18-10-12-3-2-4-14(9-12)13-5-6-13;13-9(12-3-1-2-4-12)5-8-6-10-7-11-8/h2-4,9,13,15,18H,5-8,10-11H2,1H3,(H,19,20)(H,21,22);6-7H,1-5H2,(H,10,11). The normalized spacial score (nSPS) is 15.6. The van der Waals surface area contributed by atoms with Crippen LogP contribution in [0.1, 0.15) is 54.8 Å². The molecule has 1 saturated heterocycles. The number of carbonyl (C=O) groups excluding carboxylic acids is 2. The second-order valence-electron chi connectivity index (χ2n) is 9.20. The summed E-state index contributed by atoms with van der Waals surface area (Å²) < 4.78 is 0. The van der Waals surface area contributed by atoms with E-state index in [1.807, 2.05) is 23.3 Å². The Hall–Kier alpha value is -2.85. The molecule has 1 saturated carbocycles. The van der Waals surface area contributed by atoms with Gasteiger partial charge in [0.2, 0.25) is 11.8 Å². The SMILES string of the molecule is CSCCC(NC(=O)CNCc1cccc(C2CC2)c1)C(=O)O.O=C(Cc1cnc[nH]1)N1CCCC1. The van der Waals surface area contributed by atoms with Gasteiger partial charge >= 0.3 is 5.97 Å². The highest BCUT2D eigenvalue weighted by Crippen LogP contribution is 2.40. The van der Waals surface area contributed by atoms with Crippen molar-refractivity contribution >= 4 is 29.5 Å². The van der Waals surface area contributed by atoms with E-state index in [4.69, 9.17) is 5.11 Å². The van der Waals surface area contributed by atoms with Crippen LogP contribution >= 0.6 is 11.8 Å². The maximum Gasteiger partial charge on any atom is 0.326 e. The predicted molar refractivity (Wildman–Crippen MR) is 141 cm³/mol. The molecule has 9 nitrogen and oxygen atoms in total. The van der Waals surface area contributed by atoms with E-state index in [2.05, 4.69) is 32.7 Å². The summed E-state index contributed by atoms with van der Waals surface area (Å²) in [6.07, 6.45) is 10.9. The Morgan fingerprint density at radius 3 is 2.67 bits per heavy atom. The summed E-state index contributed by atoms with van der Waals surface area (Å²) in [7, 11) is 0. The number of aromatic nitrogens is 2. The summed E-state index contributed by atoms with van der Waals surface area (Å²) in [4.78, 5) is 43.3. The van der Waals surface area contributed by atoms with E-state index in [0.29, 0.717) is 31.1 Å². The smallest absolute Gasteiger partial charge is 0.326 e. The Balaban J connectivity index is 0.000000233. The number of thioether (sulfide) groups is 1. The monoisotopic (exact) mass is 515 g/mol. The van der Waals surface area contributed by atoms with Gasteiger partial charge in [0.25, 0.3) is 0 Å². The molecule has 4 rings (SSSR count). The van der Waals surface area contributed by atoms with Gasteiger partial charge in [0.1, 0.15) is 6.04 Å². The first-order valence-corrected chi connectivity index (χ1v) is 13.9. The average Bonchev–Trinajstić information content (AvgIpc) is 3.32. The minimum absolute atomic E-state index is 0.122. The maximum absolute atomic E-state index is 11.9. The molecule has 2 amide bonds. The number of nitrogens with zero attached hydrogens (tertiary/aromatic N) is 2. The number of rotatable bonds is 12. The van der Waals surface area contributed by atoms with Gasteiger partial charge in [0.15, 0.2) is 0 Å². The number of hydrogen-bond acceptors (Lipinski definition) is 6. The molecule has 1 unspecified atom stereocenters. The van der Waals surface area contributed by atoms with Crippen molar-refractivity contribution in [1.82, 2.24) is 25.5 Å². The van der Waals surface area contributed by atoms with Crippen molar-refractivity contribution < 1.29 is 19.5 Å². The summed E-state index contributed by atoms with van der Waals surface area (Å²) in [5, 5.41) is 14.7. The summed E-state index contributed by atoms with van der Waals surface area (Å²) in [5.74, 6) is 0.368. The second-order valence-corrected chi connectivity index (χ2v) is 10.2. The molecule has 1 aliphatic carbocycles. The number of imidazole rings is 1. The molecular formula is C26H37N5O4S. The molecular weight excluding hydrogens is 478 g/mol. The van der Waals surface area contributed by atoms with Crippen LogP contribution < -0.4 is 10.6 Å². The van der Waals surface area contributed by atoms with Gasteiger partial charge in [-0.25, -0.2) is 9.78 Å². The molecule has 2 aliphatic rings. The van der Waals surface area contributed by atoms with E-state index in [1.54, 1.807) is 24.3 Å². The third-order valence-corrected chi connectivity index (χ3v) is 6.86. The third kappa shape index (κ3) is 9.66. The van der Waals surface area contributed by atoms with Crippen LogP contribution in [-0.2, 0) is 27.3 Å². The molecule has 2 aromatic rings. The van der Waals surface area contributed by atoms with Gasteiger partial charge < -0.3 is 25.6 Å². The number of carboxylic acids is 1. The highest BCUT2D eigenvalue weighted by atomic mass is 32.2. The number of likely N-dealkylation sites (tertiary alicyclic amines) is 1. The molecule has 36 heavy (non-hydrogen) atoms. The summed E-state index contributed by atoms with van der Waals surface area (Å²) in [6, 6.07) is 7.61. The fraction of sp³-hybridized carbons (Fsp3) is 0.538. The van der Waals surface area contributed by atoms with Gasteiger partial charge in [-0.15, -0.1) is 0 Å². The van der Waals surface area contributed by atoms with E-state index in [0.717, 1.165) is 37.2 Å². The molecule has 10 heteroatoms. The predicted octanol–water partition coefficient (Wildman–Crippen LogP) is 2.55. The fourth-order valence-corrected chi connectivity index (χ4v) is 4.53. The number of nitrogens with one attached hydrogen (secondary N) is 3. The second kappa shape index (κ2) is 14.6. The molecule has 1 aliphatic heterocycles. The topological polar surface area (TPSA) is 127 Å². The van der Waals surface area contributed by atoms with E-state index in [1.165, 1.54) is 18.4 Å². The summed E-state index contributed by atoms with van der Waals surface area (Å²) in [5.41, 5.74) is 3.42. The number of amides is 2. The molecule has 2 fully saturated rings. The highest BCUT2D eigenvalue weighted by molar-refractivity contribution is 7.98. The highest BCUT2D eigenvalue weighted by Gasteiger charge is 2.23. The van der Waals surface area contributed by atoms with Gasteiger partial charge in [0.05, 0.1) is 19.3 Å². The Kier molecular flexibility index (Phi) is 11.3. The number of H-pyrrole nitrogens is 1. The summed E-state index contributed by atoms with van der Waals surface area (Å²) in [6.45, 7) is 2.58.